The highest BCUT2D eigenvalue weighted by Gasteiger charge is 2.55. The van der Waals surface area contributed by atoms with Crippen molar-refractivity contribution in [2.24, 2.45) is 0 Å². The van der Waals surface area contributed by atoms with Gasteiger partial charge in [-0.1, -0.05) is 109 Å². The Balaban J connectivity index is 1.32. The molecule has 6 rings (SSSR count). The Bertz CT molecular complexity index is 1840. The zero-order valence-electron chi connectivity index (χ0n) is 24.7. The van der Waals surface area contributed by atoms with Crippen molar-refractivity contribution in [2.75, 3.05) is 5.75 Å². The van der Waals surface area contributed by atoms with Crippen LogP contribution in [0.1, 0.15) is 28.4 Å². The number of rotatable bonds is 10. The molecule has 0 aromatic heterocycles. The average molecular weight is 655 g/mol. The fourth-order valence-corrected chi connectivity index (χ4v) is 7.58. The van der Waals surface area contributed by atoms with Crippen molar-refractivity contribution in [2.45, 2.75) is 35.8 Å². The van der Waals surface area contributed by atoms with Crippen molar-refractivity contribution in [3.05, 3.63) is 149 Å². The van der Waals surface area contributed by atoms with Crippen molar-refractivity contribution in [3.63, 3.8) is 0 Å². The van der Waals surface area contributed by atoms with E-state index < -0.39 is 39.5 Å². The molecule has 0 radical (unpaired) electrons. The molecule has 0 spiro atoms. The molecular weight excluding hydrogens is 625 g/mol. The summed E-state index contributed by atoms with van der Waals surface area (Å²) in [5.74, 6) is -2.14. The van der Waals surface area contributed by atoms with Gasteiger partial charge in [-0.25, -0.2) is 4.79 Å². The Hall–Kier alpha value is -4.87. The molecule has 2 atom stereocenters. The molecular formula is C35H30N2O7S2. The van der Waals surface area contributed by atoms with Crippen LogP contribution >= 0.6 is 11.8 Å². The van der Waals surface area contributed by atoms with Crippen LogP contribution in [0, 0.1) is 6.92 Å². The summed E-state index contributed by atoms with van der Waals surface area (Å²) in [5.41, 5.74) is 2.70. The van der Waals surface area contributed by atoms with Gasteiger partial charge in [0.05, 0.1) is 12.2 Å². The second-order valence-corrected chi connectivity index (χ2v) is 13.5. The van der Waals surface area contributed by atoms with Gasteiger partial charge in [0, 0.05) is 0 Å². The molecule has 1 N–H and O–H groups in total. The maximum atomic E-state index is 14.1. The highest BCUT2D eigenvalue weighted by molar-refractivity contribution is 8.00. The minimum atomic E-state index is -4.36. The molecule has 1 unspecified atom stereocenters. The van der Waals surface area contributed by atoms with E-state index in [1.165, 1.54) is 23.9 Å². The molecule has 46 heavy (non-hydrogen) atoms. The summed E-state index contributed by atoms with van der Waals surface area (Å²) in [6.45, 7) is 1.83. The van der Waals surface area contributed by atoms with Crippen LogP contribution in [0.5, 0.6) is 0 Å². The molecule has 4 aromatic rings. The SMILES string of the molecule is Cc1ccc(S(=O)(=O)OC2=C(C(=O)OC(c3ccccc3)c3ccccc3)N3C(=O)C(NC(=O)Cc4ccccc4)[C@@H]3SC2)cc1. The van der Waals surface area contributed by atoms with Gasteiger partial charge in [-0.3, -0.25) is 14.5 Å². The predicted octanol–water partition coefficient (Wildman–Crippen LogP) is 4.89. The number of hydrogen-bond acceptors (Lipinski definition) is 8. The van der Waals surface area contributed by atoms with Gasteiger partial charge in [0.1, 0.15) is 16.3 Å². The van der Waals surface area contributed by atoms with Crippen molar-refractivity contribution in [1.29, 1.82) is 0 Å². The molecule has 9 nitrogen and oxygen atoms in total. The lowest BCUT2D eigenvalue weighted by Crippen LogP contribution is -2.70. The molecule has 0 aliphatic carbocycles. The first-order valence-corrected chi connectivity index (χ1v) is 17.0. The summed E-state index contributed by atoms with van der Waals surface area (Å²) in [6.07, 6.45) is -0.783. The molecule has 11 heteroatoms. The number of hydrogen-bond donors (Lipinski definition) is 1. The van der Waals surface area contributed by atoms with Crippen molar-refractivity contribution in [3.8, 4) is 0 Å². The summed E-state index contributed by atoms with van der Waals surface area (Å²) < 4.78 is 38.3. The normalized spacial score (nSPS) is 17.6. The van der Waals surface area contributed by atoms with Crippen LogP contribution in [0.2, 0.25) is 0 Å². The summed E-state index contributed by atoms with van der Waals surface area (Å²) in [5, 5.41) is 2.10. The third-order valence-corrected chi connectivity index (χ3v) is 10.1. The second-order valence-electron chi connectivity index (χ2n) is 10.8. The lowest BCUT2D eigenvalue weighted by Gasteiger charge is -2.49. The Kier molecular flexibility index (Phi) is 8.96. The molecule has 2 heterocycles. The number of esters is 1. The highest BCUT2D eigenvalue weighted by Crippen LogP contribution is 2.42. The first-order chi connectivity index (χ1) is 22.2. The van der Waals surface area contributed by atoms with E-state index in [0.29, 0.717) is 11.1 Å². The first-order valence-electron chi connectivity index (χ1n) is 14.5. The Labute approximate surface area is 271 Å². The third-order valence-electron chi connectivity index (χ3n) is 7.60. The summed E-state index contributed by atoms with van der Waals surface area (Å²) >= 11 is 1.19. The van der Waals surface area contributed by atoms with Gasteiger partial charge in [-0.2, -0.15) is 8.42 Å². The molecule has 2 aliphatic rings. The van der Waals surface area contributed by atoms with E-state index in [1.54, 1.807) is 12.1 Å². The third kappa shape index (κ3) is 6.56. The maximum absolute atomic E-state index is 14.1. The van der Waals surface area contributed by atoms with Crippen molar-refractivity contribution < 1.29 is 31.7 Å². The highest BCUT2D eigenvalue weighted by atomic mass is 32.2. The zero-order chi connectivity index (χ0) is 32.3. The van der Waals surface area contributed by atoms with Gasteiger partial charge >= 0.3 is 16.1 Å². The van der Waals surface area contributed by atoms with Gasteiger partial charge in [0.25, 0.3) is 5.91 Å². The van der Waals surface area contributed by atoms with E-state index in [0.717, 1.165) is 16.0 Å². The number of nitrogens with zero attached hydrogens (tertiary/aromatic N) is 1. The molecule has 2 aliphatic heterocycles. The lowest BCUT2D eigenvalue weighted by molar-refractivity contribution is -0.155. The number of β-lactam (4-membered cyclic amide) rings is 1. The van der Waals surface area contributed by atoms with Gasteiger partial charge in [-0.15, -0.1) is 11.8 Å². The number of nitrogens with one attached hydrogen (secondary N) is 1. The van der Waals surface area contributed by atoms with Crippen molar-refractivity contribution in [1.82, 2.24) is 10.2 Å². The van der Waals surface area contributed by atoms with Crippen molar-refractivity contribution >= 4 is 39.7 Å². The van der Waals surface area contributed by atoms with Crippen LogP contribution in [-0.4, -0.2) is 48.3 Å². The van der Waals surface area contributed by atoms with Crippen LogP contribution in [0.4, 0.5) is 0 Å². The molecule has 0 saturated carbocycles. The van der Waals surface area contributed by atoms with Gasteiger partial charge in [-0.05, 0) is 35.7 Å². The van der Waals surface area contributed by atoms with E-state index >= 15 is 0 Å². The number of ether oxygens (including phenoxy) is 1. The Morgan fingerprint density at radius 3 is 2.02 bits per heavy atom. The topological polar surface area (TPSA) is 119 Å². The monoisotopic (exact) mass is 654 g/mol. The molecule has 234 valence electrons. The number of amides is 2. The number of fused-ring (bicyclic) bond motifs is 1. The Morgan fingerprint density at radius 2 is 1.43 bits per heavy atom. The molecule has 1 fully saturated rings. The fraction of sp³-hybridized carbons (Fsp3) is 0.171. The number of carbonyl (C=O) groups is 3. The lowest BCUT2D eigenvalue weighted by atomic mass is 10.0. The largest absolute Gasteiger partial charge is 0.448 e. The predicted molar refractivity (Wildman–Crippen MR) is 172 cm³/mol. The number of benzene rings is 4. The van der Waals surface area contributed by atoms with Gasteiger partial charge in [0.15, 0.2) is 17.6 Å². The molecule has 4 aromatic carbocycles. The van der Waals surface area contributed by atoms with Crippen LogP contribution in [0.25, 0.3) is 0 Å². The summed E-state index contributed by atoms with van der Waals surface area (Å²) in [7, 11) is -4.36. The zero-order valence-corrected chi connectivity index (χ0v) is 26.4. The fourth-order valence-electron chi connectivity index (χ4n) is 5.28. The average Bonchev–Trinajstić information content (AvgIpc) is 3.07. The van der Waals surface area contributed by atoms with Crippen LogP contribution in [0.15, 0.2) is 132 Å². The smallest absolute Gasteiger partial charge is 0.359 e. The standard InChI is InChI=1S/C35H30N2O7S2/c1-23-17-19-27(20-18-23)46(41,42)44-28-22-45-34-30(36-29(38)21-24-11-5-2-6-12-24)33(39)37(34)31(28)35(40)43-32(25-13-7-3-8-14-25)26-15-9-4-10-16-26/h2-20,30,32,34H,21-22H2,1H3,(H,36,38)/t30?,34-/m0/s1. The Morgan fingerprint density at radius 1 is 0.870 bits per heavy atom. The number of thioether (sulfide) groups is 1. The van der Waals surface area contributed by atoms with E-state index in [-0.39, 0.29) is 34.4 Å². The van der Waals surface area contributed by atoms with E-state index in [9.17, 15) is 22.8 Å². The first kappa shape index (κ1) is 31.1. The molecule has 1 saturated heterocycles. The van der Waals surface area contributed by atoms with Crippen LogP contribution in [0.3, 0.4) is 0 Å². The summed E-state index contributed by atoms with van der Waals surface area (Å²) in [6, 6.07) is 32.5. The van der Waals surface area contributed by atoms with Gasteiger partial charge < -0.3 is 14.2 Å². The molecule has 0 bridgehead atoms. The second kappa shape index (κ2) is 13.2. The van der Waals surface area contributed by atoms with E-state index in [4.69, 9.17) is 8.92 Å². The van der Waals surface area contributed by atoms with E-state index in [1.807, 2.05) is 97.9 Å². The quantitative estimate of drug-likeness (QED) is 0.146. The summed E-state index contributed by atoms with van der Waals surface area (Å²) in [4.78, 5) is 41.6. The van der Waals surface area contributed by atoms with Gasteiger partial charge in [0.2, 0.25) is 5.91 Å². The minimum absolute atomic E-state index is 0.0592. The number of aryl methyl sites for hydroxylation is 1. The number of carbonyl (C=O) groups excluding carboxylic acids is 3. The van der Waals surface area contributed by atoms with Crippen LogP contribution < -0.4 is 5.32 Å². The minimum Gasteiger partial charge on any atom is -0.448 e. The maximum Gasteiger partial charge on any atom is 0.359 e. The molecule has 2 amide bonds. The van der Waals surface area contributed by atoms with E-state index in [2.05, 4.69) is 5.32 Å². The van der Waals surface area contributed by atoms with Crippen LogP contribution in [-0.2, 0) is 39.8 Å².